The zero-order valence-corrected chi connectivity index (χ0v) is 16.2. The monoisotopic (exact) mass is 416 g/mol. The highest BCUT2D eigenvalue weighted by atomic mass is 35.5. The van der Waals surface area contributed by atoms with Crippen molar-refractivity contribution in [3.05, 3.63) is 29.8 Å². The van der Waals surface area contributed by atoms with Gasteiger partial charge in [0.1, 0.15) is 11.4 Å². The van der Waals surface area contributed by atoms with Crippen LogP contribution in [0.2, 0.25) is 0 Å². The molecular weight excluding hydrogens is 395 g/mol. The van der Waals surface area contributed by atoms with Crippen LogP contribution < -0.4 is 4.52 Å². The Morgan fingerprint density at radius 2 is 1.89 bits per heavy atom. The lowest BCUT2D eigenvalue weighted by Crippen LogP contribution is -2.78. The van der Waals surface area contributed by atoms with E-state index in [1.807, 2.05) is 0 Å². The minimum Gasteiger partial charge on any atom is -0.404 e. The van der Waals surface area contributed by atoms with Crippen LogP contribution in [0.4, 0.5) is 0 Å². The van der Waals surface area contributed by atoms with Crippen LogP contribution in [0.3, 0.4) is 0 Å². The van der Waals surface area contributed by atoms with Crippen LogP contribution >= 0.6 is 19.4 Å². The van der Waals surface area contributed by atoms with Crippen molar-refractivity contribution in [1.29, 1.82) is 0 Å². The molecule has 4 bridgehead atoms. The van der Waals surface area contributed by atoms with Crippen molar-refractivity contribution >= 4 is 19.4 Å². The maximum atomic E-state index is 11.2. The van der Waals surface area contributed by atoms with E-state index in [2.05, 4.69) is 0 Å². The largest absolute Gasteiger partial charge is 0.524 e. The van der Waals surface area contributed by atoms with E-state index in [1.165, 1.54) is 12.1 Å². The van der Waals surface area contributed by atoms with Crippen LogP contribution in [0, 0.1) is 17.8 Å². The van der Waals surface area contributed by atoms with Crippen LogP contribution in [0.25, 0.3) is 0 Å². The molecule has 0 amide bonds. The van der Waals surface area contributed by atoms with E-state index in [0.717, 1.165) is 32.1 Å². The van der Waals surface area contributed by atoms with E-state index in [9.17, 15) is 9.67 Å². The molecule has 0 aromatic heterocycles. The number of alkyl halides is 1. The van der Waals surface area contributed by atoms with Crippen LogP contribution in [-0.2, 0) is 19.9 Å². The molecule has 1 saturated heterocycles. The van der Waals surface area contributed by atoms with Crippen molar-refractivity contribution in [1.82, 2.24) is 0 Å². The Morgan fingerprint density at radius 1 is 1.19 bits per heavy atom. The maximum absolute atomic E-state index is 11.2. The molecule has 3 atom stereocenters. The zero-order chi connectivity index (χ0) is 19.1. The minimum atomic E-state index is -4.68. The molecule has 1 aromatic rings. The highest BCUT2D eigenvalue weighted by Gasteiger charge is 2.77. The summed E-state index contributed by atoms with van der Waals surface area (Å²) in [5.74, 6) is 0.953. The van der Waals surface area contributed by atoms with Gasteiger partial charge < -0.3 is 9.63 Å². The first-order valence-corrected chi connectivity index (χ1v) is 11.1. The van der Waals surface area contributed by atoms with Gasteiger partial charge in [-0.25, -0.2) is 14.3 Å². The van der Waals surface area contributed by atoms with Crippen molar-refractivity contribution < 1.29 is 33.8 Å². The average Bonchev–Trinajstić information content (AvgIpc) is 2.52. The second kappa shape index (κ2) is 5.70. The van der Waals surface area contributed by atoms with Gasteiger partial charge in [-0.05, 0) is 67.6 Å². The Balaban J connectivity index is 1.56. The van der Waals surface area contributed by atoms with Crippen molar-refractivity contribution in [3.8, 4) is 5.75 Å². The second-order valence-corrected chi connectivity index (χ2v) is 10.5. The first kappa shape index (κ1) is 18.4. The van der Waals surface area contributed by atoms with E-state index in [-0.39, 0.29) is 29.1 Å². The molecule has 0 radical (unpaired) electrons. The van der Waals surface area contributed by atoms with Crippen LogP contribution in [0.1, 0.15) is 37.7 Å². The Morgan fingerprint density at radius 3 is 2.41 bits per heavy atom. The fraction of sp³-hybridized carbons (Fsp3) is 0.667. The van der Waals surface area contributed by atoms with Gasteiger partial charge in [0.25, 0.3) is 0 Å². The molecule has 27 heavy (non-hydrogen) atoms. The predicted octanol–water partition coefficient (Wildman–Crippen LogP) is 2.86. The van der Waals surface area contributed by atoms with E-state index in [4.69, 9.17) is 35.7 Å². The molecule has 1 spiro atoms. The molecule has 1 aliphatic heterocycles. The van der Waals surface area contributed by atoms with Crippen molar-refractivity contribution in [3.63, 3.8) is 0 Å². The fourth-order valence-corrected chi connectivity index (χ4v) is 7.34. The molecule has 7 nitrogen and oxygen atoms in total. The maximum Gasteiger partial charge on any atom is 0.524 e. The topological polar surface area (TPSA) is 105 Å². The van der Waals surface area contributed by atoms with Crippen molar-refractivity contribution in [2.45, 2.75) is 48.2 Å². The first-order valence-electron chi connectivity index (χ1n) is 9.22. The molecule has 5 aliphatic rings. The highest BCUT2D eigenvalue weighted by Crippen LogP contribution is 2.71. The molecule has 6 rings (SSSR count). The number of rotatable bonds is 4. The minimum absolute atomic E-state index is 0.0249. The molecule has 3 N–H and O–H groups in total. The standard InChI is InChI=1S/C18H22ClO7P/c19-16-7-11-4-13(8-16)18(14(5-11)9-16)17(10-20,25-26-18)12-2-1-3-15(6-12)24-27(21,22)23/h1-3,6,11,13-14,20H,4-5,7-10H2,(H2,21,22,23). The van der Waals surface area contributed by atoms with Crippen LogP contribution in [0.15, 0.2) is 24.3 Å². The summed E-state index contributed by atoms with van der Waals surface area (Å²) in [4.78, 5) is 29.4. The summed E-state index contributed by atoms with van der Waals surface area (Å²) in [6.45, 7) is -0.292. The number of halogens is 1. The number of aliphatic hydroxyl groups excluding tert-OH is 1. The zero-order valence-electron chi connectivity index (χ0n) is 14.6. The third-order valence-corrected chi connectivity index (χ3v) is 7.94. The molecule has 5 fully saturated rings. The number of phosphoric ester groups is 1. The Kier molecular flexibility index (Phi) is 3.88. The third-order valence-electron chi connectivity index (χ3n) is 7.03. The molecule has 9 heteroatoms. The van der Waals surface area contributed by atoms with Crippen molar-refractivity contribution in [2.24, 2.45) is 17.8 Å². The second-order valence-electron chi connectivity index (χ2n) is 8.55. The highest BCUT2D eigenvalue weighted by molar-refractivity contribution is 7.46. The lowest BCUT2D eigenvalue weighted by Gasteiger charge is -2.70. The third kappa shape index (κ3) is 2.50. The lowest BCUT2D eigenvalue weighted by molar-refractivity contribution is -0.597. The number of phosphoric acid groups is 1. The molecule has 3 unspecified atom stereocenters. The first-order chi connectivity index (χ1) is 12.7. The lowest BCUT2D eigenvalue weighted by atomic mass is 9.45. The van der Waals surface area contributed by atoms with Crippen LogP contribution in [-0.4, -0.2) is 32.0 Å². The van der Waals surface area contributed by atoms with Gasteiger partial charge in [0.2, 0.25) is 0 Å². The molecule has 1 aromatic carbocycles. The number of hydrogen-bond acceptors (Lipinski definition) is 5. The van der Waals surface area contributed by atoms with Gasteiger partial charge in [-0.3, -0.25) is 9.79 Å². The Bertz CT molecular complexity index is 806. The van der Waals surface area contributed by atoms with E-state index >= 15 is 0 Å². The number of aliphatic hydroxyl groups is 1. The van der Waals surface area contributed by atoms with Gasteiger partial charge >= 0.3 is 7.82 Å². The summed E-state index contributed by atoms with van der Waals surface area (Å²) in [6.07, 6.45) is 4.68. The smallest absolute Gasteiger partial charge is 0.404 e. The van der Waals surface area contributed by atoms with Crippen LogP contribution in [0.5, 0.6) is 5.75 Å². The quantitative estimate of drug-likeness (QED) is 0.393. The summed E-state index contributed by atoms with van der Waals surface area (Å²) < 4.78 is 15.9. The van der Waals surface area contributed by atoms with Gasteiger partial charge in [-0.1, -0.05) is 12.1 Å². The summed E-state index contributed by atoms with van der Waals surface area (Å²) in [6, 6.07) is 6.38. The van der Waals surface area contributed by atoms with E-state index < -0.39 is 19.0 Å². The van der Waals surface area contributed by atoms with E-state index in [0.29, 0.717) is 11.5 Å². The molecule has 4 aliphatic carbocycles. The summed E-state index contributed by atoms with van der Waals surface area (Å²) in [5.41, 5.74) is -1.16. The SMILES string of the molecule is O=P(O)(O)Oc1cccc(C2(CO)OOC23C2CC4CC3CC(Cl)(C4)C2)c1. The summed E-state index contributed by atoms with van der Waals surface area (Å²) in [5, 5.41) is 10.4. The van der Waals surface area contributed by atoms with Gasteiger partial charge in [-0.15, -0.1) is 11.6 Å². The summed E-state index contributed by atoms with van der Waals surface area (Å²) in [7, 11) is -4.68. The van der Waals surface area contributed by atoms with Gasteiger partial charge in [-0.2, -0.15) is 0 Å². The molecule has 4 saturated carbocycles. The van der Waals surface area contributed by atoms with Gasteiger partial charge in [0.15, 0.2) is 5.60 Å². The van der Waals surface area contributed by atoms with Crippen molar-refractivity contribution in [2.75, 3.05) is 6.61 Å². The number of benzene rings is 1. The Labute approximate surface area is 161 Å². The Hall–Kier alpha value is -0.660. The van der Waals surface area contributed by atoms with Gasteiger partial charge in [0, 0.05) is 4.87 Å². The van der Waals surface area contributed by atoms with Gasteiger partial charge in [0.05, 0.1) is 6.61 Å². The molecule has 148 valence electrons. The average molecular weight is 417 g/mol. The fourth-order valence-electron chi connectivity index (χ4n) is 6.36. The molecule has 1 heterocycles. The predicted molar refractivity (Wildman–Crippen MR) is 94.9 cm³/mol. The number of hydrogen-bond donors (Lipinski definition) is 3. The summed E-state index contributed by atoms with van der Waals surface area (Å²) >= 11 is 6.85. The van der Waals surface area contributed by atoms with E-state index in [1.54, 1.807) is 12.1 Å². The molecular formula is C18H22ClO7P. The normalized spacial score (nSPS) is 45.1.